The van der Waals surface area contributed by atoms with Crippen molar-refractivity contribution in [2.24, 2.45) is 5.41 Å². The highest BCUT2D eigenvalue weighted by molar-refractivity contribution is 9.10. The molecule has 3 amide bonds. The third-order valence-electron chi connectivity index (χ3n) is 4.43. The summed E-state index contributed by atoms with van der Waals surface area (Å²) in [5, 5.41) is 2.84. The van der Waals surface area contributed by atoms with Crippen LogP contribution in [0.15, 0.2) is 28.7 Å². The smallest absolute Gasteiger partial charge is 0.240 e. The van der Waals surface area contributed by atoms with Crippen LogP contribution in [0.1, 0.15) is 12.8 Å². The average molecular weight is 380 g/mol. The predicted molar refractivity (Wildman–Crippen MR) is 88.7 cm³/mol. The molecule has 6 nitrogen and oxygen atoms in total. The second-order valence-electron chi connectivity index (χ2n) is 5.98. The summed E-state index contributed by atoms with van der Waals surface area (Å²) in [6.45, 7) is 2.03. The van der Waals surface area contributed by atoms with Crippen LogP contribution in [0.5, 0.6) is 0 Å². The first-order chi connectivity index (χ1) is 11.0. The molecule has 1 aliphatic carbocycles. The van der Waals surface area contributed by atoms with E-state index in [4.69, 9.17) is 0 Å². The van der Waals surface area contributed by atoms with E-state index in [1.54, 1.807) is 21.9 Å². The Bertz CT molecular complexity index is 637. The number of rotatable bonds is 4. The number of hydrogen-bond donors (Lipinski definition) is 1. The van der Waals surface area contributed by atoms with Gasteiger partial charge in [-0.2, -0.15) is 0 Å². The molecule has 1 aliphatic heterocycles. The van der Waals surface area contributed by atoms with Crippen molar-refractivity contribution in [3.8, 4) is 0 Å². The Labute approximate surface area is 142 Å². The molecule has 1 heterocycles. The second kappa shape index (κ2) is 6.31. The molecule has 23 heavy (non-hydrogen) atoms. The largest absolute Gasteiger partial charge is 0.342 e. The standard InChI is InChI=1S/C16H18BrN3O3/c17-12-2-1-3-13(10-12)18-14(22)16(4-5-16)15(23)20-8-6-19(11-21)7-9-20/h1-3,10-11H,4-9H2,(H,18,22). The van der Waals surface area contributed by atoms with Crippen molar-refractivity contribution < 1.29 is 14.4 Å². The maximum absolute atomic E-state index is 12.7. The number of halogens is 1. The van der Waals surface area contributed by atoms with Crippen molar-refractivity contribution in [1.29, 1.82) is 0 Å². The van der Waals surface area contributed by atoms with Gasteiger partial charge in [-0.25, -0.2) is 0 Å². The summed E-state index contributed by atoms with van der Waals surface area (Å²) in [5.74, 6) is -0.353. The van der Waals surface area contributed by atoms with Gasteiger partial charge >= 0.3 is 0 Å². The number of nitrogens with zero attached hydrogens (tertiary/aromatic N) is 2. The zero-order chi connectivity index (χ0) is 16.4. The van der Waals surface area contributed by atoms with Crippen molar-refractivity contribution in [3.63, 3.8) is 0 Å². The molecule has 1 saturated heterocycles. The summed E-state index contributed by atoms with van der Waals surface area (Å²) >= 11 is 3.36. The third kappa shape index (κ3) is 3.24. The van der Waals surface area contributed by atoms with Gasteiger partial charge in [-0.05, 0) is 31.0 Å². The first-order valence-corrected chi connectivity index (χ1v) is 8.40. The average Bonchev–Trinajstić information content (AvgIpc) is 3.36. The predicted octanol–water partition coefficient (Wildman–Crippen LogP) is 1.47. The van der Waals surface area contributed by atoms with E-state index in [1.165, 1.54) is 0 Å². The van der Waals surface area contributed by atoms with Crippen molar-refractivity contribution in [3.05, 3.63) is 28.7 Å². The molecule has 3 rings (SSSR count). The zero-order valence-corrected chi connectivity index (χ0v) is 14.2. The van der Waals surface area contributed by atoms with Gasteiger partial charge in [-0.1, -0.05) is 22.0 Å². The fourth-order valence-electron chi connectivity index (χ4n) is 2.81. The van der Waals surface area contributed by atoms with Gasteiger partial charge in [0.05, 0.1) is 0 Å². The lowest BCUT2D eigenvalue weighted by Gasteiger charge is -2.34. The van der Waals surface area contributed by atoms with Gasteiger partial charge in [-0.3, -0.25) is 14.4 Å². The SMILES string of the molecule is O=CN1CCN(C(=O)C2(C(=O)Nc3cccc(Br)c3)CC2)CC1. The maximum atomic E-state index is 12.7. The van der Waals surface area contributed by atoms with E-state index >= 15 is 0 Å². The van der Waals surface area contributed by atoms with Crippen LogP contribution in [0.3, 0.4) is 0 Å². The van der Waals surface area contributed by atoms with Crippen molar-refractivity contribution in [2.75, 3.05) is 31.5 Å². The molecule has 0 spiro atoms. The Kier molecular flexibility index (Phi) is 4.39. The van der Waals surface area contributed by atoms with E-state index in [0.717, 1.165) is 10.9 Å². The molecule has 2 aliphatic rings. The van der Waals surface area contributed by atoms with Gasteiger partial charge in [0.15, 0.2) is 0 Å². The van der Waals surface area contributed by atoms with Crippen LogP contribution in [0.4, 0.5) is 5.69 Å². The quantitative estimate of drug-likeness (QED) is 0.635. The first-order valence-electron chi connectivity index (χ1n) is 7.61. The van der Waals surface area contributed by atoms with Crippen LogP contribution in [0, 0.1) is 5.41 Å². The molecule has 0 radical (unpaired) electrons. The lowest BCUT2D eigenvalue weighted by atomic mass is 10.0. The highest BCUT2D eigenvalue weighted by Crippen LogP contribution is 2.48. The molecule has 1 saturated carbocycles. The van der Waals surface area contributed by atoms with Crippen LogP contribution in [0.2, 0.25) is 0 Å². The Morgan fingerprint density at radius 2 is 1.87 bits per heavy atom. The molecule has 7 heteroatoms. The Morgan fingerprint density at radius 1 is 1.17 bits per heavy atom. The van der Waals surface area contributed by atoms with Gasteiger partial charge in [0.1, 0.15) is 5.41 Å². The summed E-state index contributed by atoms with van der Waals surface area (Å²) in [4.78, 5) is 39.4. The molecule has 0 aromatic heterocycles. The number of piperazine rings is 1. The van der Waals surface area contributed by atoms with E-state index in [2.05, 4.69) is 21.2 Å². The summed E-state index contributed by atoms with van der Waals surface area (Å²) in [6.07, 6.45) is 1.97. The highest BCUT2D eigenvalue weighted by atomic mass is 79.9. The molecular formula is C16H18BrN3O3. The van der Waals surface area contributed by atoms with Gasteiger partial charge in [0, 0.05) is 36.3 Å². The molecular weight excluding hydrogens is 362 g/mol. The van der Waals surface area contributed by atoms with Crippen LogP contribution < -0.4 is 5.32 Å². The van der Waals surface area contributed by atoms with E-state index < -0.39 is 5.41 Å². The lowest BCUT2D eigenvalue weighted by molar-refractivity contribution is -0.144. The minimum atomic E-state index is -0.925. The Hall–Kier alpha value is -1.89. The van der Waals surface area contributed by atoms with Crippen molar-refractivity contribution in [2.45, 2.75) is 12.8 Å². The number of carbonyl (C=O) groups is 3. The summed E-state index contributed by atoms with van der Waals surface area (Å²) in [6, 6.07) is 7.31. The molecule has 1 aromatic carbocycles. The molecule has 0 unspecified atom stereocenters. The number of amides is 3. The van der Waals surface area contributed by atoms with Crippen LogP contribution in [-0.4, -0.2) is 54.2 Å². The van der Waals surface area contributed by atoms with E-state index in [0.29, 0.717) is 44.7 Å². The minimum absolute atomic E-state index is 0.115. The van der Waals surface area contributed by atoms with Gasteiger partial charge in [0.25, 0.3) is 0 Å². The zero-order valence-electron chi connectivity index (χ0n) is 12.6. The van der Waals surface area contributed by atoms with Gasteiger partial charge in [0.2, 0.25) is 18.2 Å². The summed E-state index contributed by atoms with van der Waals surface area (Å²) in [7, 11) is 0. The summed E-state index contributed by atoms with van der Waals surface area (Å²) in [5.41, 5.74) is -0.250. The van der Waals surface area contributed by atoms with Gasteiger partial charge < -0.3 is 15.1 Å². The fraction of sp³-hybridized carbons (Fsp3) is 0.438. The number of benzene rings is 1. The third-order valence-corrected chi connectivity index (χ3v) is 4.92. The molecule has 0 bridgehead atoms. The van der Waals surface area contributed by atoms with Crippen molar-refractivity contribution >= 4 is 39.8 Å². The fourth-order valence-corrected chi connectivity index (χ4v) is 3.21. The summed E-state index contributed by atoms with van der Waals surface area (Å²) < 4.78 is 0.872. The minimum Gasteiger partial charge on any atom is -0.342 e. The van der Waals surface area contributed by atoms with E-state index in [9.17, 15) is 14.4 Å². The first kappa shape index (κ1) is 16.0. The molecule has 2 fully saturated rings. The number of hydrogen-bond acceptors (Lipinski definition) is 3. The number of nitrogens with one attached hydrogen (secondary N) is 1. The Balaban J connectivity index is 1.65. The lowest BCUT2D eigenvalue weighted by Crippen LogP contribution is -2.52. The van der Waals surface area contributed by atoms with E-state index in [-0.39, 0.29) is 11.8 Å². The second-order valence-corrected chi connectivity index (χ2v) is 6.90. The molecule has 1 N–H and O–H groups in total. The normalized spacial score (nSPS) is 19.2. The highest BCUT2D eigenvalue weighted by Gasteiger charge is 2.58. The number of carbonyl (C=O) groups excluding carboxylic acids is 3. The Morgan fingerprint density at radius 3 is 2.43 bits per heavy atom. The van der Waals surface area contributed by atoms with Crippen LogP contribution >= 0.6 is 15.9 Å². The van der Waals surface area contributed by atoms with Crippen LogP contribution in [-0.2, 0) is 14.4 Å². The monoisotopic (exact) mass is 379 g/mol. The molecule has 1 aromatic rings. The van der Waals surface area contributed by atoms with Crippen LogP contribution in [0.25, 0.3) is 0 Å². The molecule has 0 atom stereocenters. The molecule has 122 valence electrons. The van der Waals surface area contributed by atoms with Crippen molar-refractivity contribution in [1.82, 2.24) is 9.80 Å². The maximum Gasteiger partial charge on any atom is 0.240 e. The number of anilines is 1. The topological polar surface area (TPSA) is 69.7 Å². The van der Waals surface area contributed by atoms with Gasteiger partial charge in [-0.15, -0.1) is 0 Å². The van der Waals surface area contributed by atoms with E-state index in [1.807, 2.05) is 12.1 Å².